The van der Waals surface area contributed by atoms with Crippen molar-refractivity contribution in [1.29, 1.82) is 0 Å². The molecule has 1 aromatic carbocycles. The highest BCUT2D eigenvalue weighted by Crippen LogP contribution is 2.21. The van der Waals surface area contributed by atoms with Crippen LogP contribution in [0.25, 0.3) is 11.0 Å². The molecule has 0 aliphatic carbocycles. The van der Waals surface area contributed by atoms with E-state index in [2.05, 4.69) is 9.88 Å². The lowest BCUT2D eigenvalue weighted by atomic mass is 10.2. The van der Waals surface area contributed by atoms with Crippen LogP contribution < -0.4 is 4.90 Å². The SMILES string of the molecule is C/C=C(\C)C(=O)N1CCN(c2nc3ccccc3nc2C)CC1. The van der Waals surface area contributed by atoms with Crippen molar-refractivity contribution >= 4 is 22.8 Å². The average Bonchev–Trinajstić information content (AvgIpc) is 2.60. The lowest BCUT2D eigenvalue weighted by molar-refractivity contribution is -0.127. The molecule has 1 aliphatic rings. The summed E-state index contributed by atoms with van der Waals surface area (Å²) >= 11 is 0. The van der Waals surface area contributed by atoms with Gasteiger partial charge in [0.15, 0.2) is 5.82 Å². The molecule has 0 unspecified atom stereocenters. The number of piperazine rings is 1. The fourth-order valence-corrected chi connectivity index (χ4v) is 2.87. The largest absolute Gasteiger partial charge is 0.352 e. The Labute approximate surface area is 136 Å². The van der Waals surface area contributed by atoms with Gasteiger partial charge in [0.25, 0.3) is 0 Å². The molecule has 0 saturated carbocycles. The number of benzene rings is 1. The normalized spacial score (nSPS) is 16.0. The molecule has 1 saturated heterocycles. The summed E-state index contributed by atoms with van der Waals surface area (Å²) in [7, 11) is 0. The summed E-state index contributed by atoms with van der Waals surface area (Å²) in [5.41, 5.74) is 3.58. The number of rotatable bonds is 2. The van der Waals surface area contributed by atoms with Gasteiger partial charge in [0.1, 0.15) is 0 Å². The molecule has 23 heavy (non-hydrogen) atoms. The molecule has 0 spiro atoms. The van der Waals surface area contributed by atoms with Gasteiger partial charge in [-0.1, -0.05) is 18.2 Å². The monoisotopic (exact) mass is 310 g/mol. The van der Waals surface area contributed by atoms with Gasteiger partial charge in [-0.15, -0.1) is 0 Å². The summed E-state index contributed by atoms with van der Waals surface area (Å²) < 4.78 is 0. The summed E-state index contributed by atoms with van der Waals surface area (Å²) in [6, 6.07) is 7.92. The van der Waals surface area contributed by atoms with E-state index in [4.69, 9.17) is 4.98 Å². The Bertz CT molecular complexity index is 761. The Morgan fingerprint density at radius 3 is 2.30 bits per heavy atom. The zero-order valence-corrected chi connectivity index (χ0v) is 13.9. The Morgan fingerprint density at radius 2 is 1.70 bits per heavy atom. The molecule has 3 rings (SSSR count). The van der Waals surface area contributed by atoms with Gasteiger partial charge in [-0.05, 0) is 32.9 Å². The van der Waals surface area contributed by atoms with E-state index in [0.29, 0.717) is 0 Å². The fraction of sp³-hybridized carbons (Fsp3) is 0.389. The highest BCUT2D eigenvalue weighted by molar-refractivity contribution is 5.92. The summed E-state index contributed by atoms with van der Waals surface area (Å²) in [5.74, 6) is 1.06. The average molecular weight is 310 g/mol. The van der Waals surface area contributed by atoms with E-state index < -0.39 is 0 Å². The first-order valence-corrected chi connectivity index (χ1v) is 8.00. The van der Waals surface area contributed by atoms with Crippen LogP contribution in [0.15, 0.2) is 35.9 Å². The fourth-order valence-electron chi connectivity index (χ4n) is 2.87. The van der Waals surface area contributed by atoms with Crippen molar-refractivity contribution in [3.63, 3.8) is 0 Å². The smallest absolute Gasteiger partial charge is 0.249 e. The van der Waals surface area contributed by atoms with Crippen molar-refractivity contribution in [2.45, 2.75) is 20.8 Å². The first kappa shape index (κ1) is 15.5. The number of hydrogen-bond donors (Lipinski definition) is 0. The van der Waals surface area contributed by atoms with E-state index in [1.54, 1.807) is 0 Å². The number of aryl methyl sites for hydroxylation is 1. The number of nitrogens with zero attached hydrogens (tertiary/aromatic N) is 4. The van der Waals surface area contributed by atoms with E-state index in [9.17, 15) is 4.79 Å². The molecule has 0 radical (unpaired) electrons. The van der Waals surface area contributed by atoms with Gasteiger partial charge in [-0.25, -0.2) is 9.97 Å². The van der Waals surface area contributed by atoms with Gasteiger partial charge in [-0.3, -0.25) is 4.79 Å². The molecule has 0 N–H and O–H groups in total. The van der Waals surface area contributed by atoms with Crippen LogP contribution in [0.4, 0.5) is 5.82 Å². The standard InChI is InChI=1S/C18H22N4O/c1-4-13(2)18(23)22-11-9-21(10-12-22)17-14(3)19-15-7-5-6-8-16(15)20-17/h4-8H,9-12H2,1-3H3/b13-4+. The minimum absolute atomic E-state index is 0.133. The summed E-state index contributed by atoms with van der Waals surface area (Å²) in [6.45, 7) is 8.78. The second kappa shape index (κ2) is 6.36. The minimum Gasteiger partial charge on any atom is -0.352 e. The molecule has 0 atom stereocenters. The third-order valence-corrected chi connectivity index (χ3v) is 4.36. The number of carbonyl (C=O) groups excluding carboxylic acids is 1. The zero-order chi connectivity index (χ0) is 16.4. The first-order chi connectivity index (χ1) is 11.1. The maximum Gasteiger partial charge on any atom is 0.249 e. The van der Waals surface area contributed by atoms with E-state index >= 15 is 0 Å². The zero-order valence-electron chi connectivity index (χ0n) is 13.9. The van der Waals surface area contributed by atoms with E-state index in [0.717, 1.165) is 54.3 Å². The lowest BCUT2D eigenvalue weighted by Crippen LogP contribution is -2.49. The van der Waals surface area contributed by atoms with Gasteiger partial charge in [0, 0.05) is 31.8 Å². The van der Waals surface area contributed by atoms with Crippen LogP contribution in [0.3, 0.4) is 0 Å². The maximum absolute atomic E-state index is 12.2. The van der Waals surface area contributed by atoms with Gasteiger partial charge in [0.05, 0.1) is 16.7 Å². The van der Waals surface area contributed by atoms with Crippen LogP contribution in [-0.4, -0.2) is 47.0 Å². The maximum atomic E-state index is 12.2. The number of anilines is 1. The Hall–Kier alpha value is -2.43. The molecule has 120 valence electrons. The van der Waals surface area contributed by atoms with E-state index in [1.165, 1.54) is 0 Å². The molecule has 2 heterocycles. The van der Waals surface area contributed by atoms with E-state index in [1.807, 2.05) is 56.0 Å². The van der Waals surface area contributed by atoms with Crippen molar-refractivity contribution < 1.29 is 4.79 Å². The molecule has 1 aliphatic heterocycles. The third-order valence-electron chi connectivity index (χ3n) is 4.36. The van der Waals surface area contributed by atoms with Gasteiger partial charge in [0.2, 0.25) is 5.91 Å². The molecular weight excluding hydrogens is 288 g/mol. The van der Waals surface area contributed by atoms with Crippen LogP contribution in [0.2, 0.25) is 0 Å². The molecule has 1 amide bonds. The van der Waals surface area contributed by atoms with Gasteiger partial charge >= 0.3 is 0 Å². The molecule has 2 aromatic rings. The first-order valence-electron chi connectivity index (χ1n) is 8.00. The molecular formula is C18H22N4O. The third kappa shape index (κ3) is 3.04. The summed E-state index contributed by atoms with van der Waals surface area (Å²) in [4.78, 5) is 25.8. The van der Waals surface area contributed by atoms with Crippen LogP contribution in [0, 0.1) is 6.92 Å². The Kier molecular flexibility index (Phi) is 4.28. The number of fused-ring (bicyclic) bond motifs is 1. The molecule has 1 fully saturated rings. The molecule has 5 nitrogen and oxygen atoms in total. The van der Waals surface area contributed by atoms with Crippen LogP contribution in [0.1, 0.15) is 19.5 Å². The summed E-state index contributed by atoms with van der Waals surface area (Å²) in [5, 5.41) is 0. The van der Waals surface area contributed by atoms with Crippen molar-refractivity contribution in [2.75, 3.05) is 31.1 Å². The second-order valence-electron chi connectivity index (χ2n) is 5.87. The summed E-state index contributed by atoms with van der Waals surface area (Å²) in [6.07, 6.45) is 1.87. The minimum atomic E-state index is 0.133. The predicted molar refractivity (Wildman–Crippen MR) is 92.5 cm³/mol. The highest BCUT2D eigenvalue weighted by atomic mass is 16.2. The number of para-hydroxylation sites is 2. The van der Waals surface area contributed by atoms with Crippen molar-refractivity contribution in [3.05, 3.63) is 41.6 Å². The molecule has 1 aromatic heterocycles. The van der Waals surface area contributed by atoms with Crippen molar-refractivity contribution in [2.24, 2.45) is 0 Å². The van der Waals surface area contributed by atoms with Crippen molar-refractivity contribution in [1.82, 2.24) is 14.9 Å². The lowest BCUT2D eigenvalue weighted by Gasteiger charge is -2.36. The predicted octanol–water partition coefficient (Wildman–Crippen LogP) is 2.55. The number of carbonyl (C=O) groups is 1. The van der Waals surface area contributed by atoms with E-state index in [-0.39, 0.29) is 5.91 Å². The molecule has 5 heteroatoms. The Balaban J connectivity index is 1.77. The Morgan fingerprint density at radius 1 is 1.09 bits per heavy atom. The highest BCUT2D eigenvalue weighted by Gasteiger charge is 2.23. The number of hydrogen-bond acceptors (Lipinski definition) is 4. The van der Waals surface area contributed by atoms with Gasteiger partial charge < -0.3 is 9.80 Å². The quantitative estimate of drug-likeness (QED) is 0.800. The van der Waals surface area contributed by atoms with Crippen LogP contribution in [0.5, 0.6) is 0 Å². The number of allylic oxidation sites excluding steroid dienone is 1. The van der Waals surface area contributed by atoms with Gasteiger partial charge in [-0.2, -0.15) is 0 Å². The van der Waals surface area contributed by atoms with Crippen molar-refractivity contribution in [3.8, 4) is 0 Å². The second-order valence-corrected chi connectivity index (χ2v) is 5.87. The number of aromatic nitrogens is 2. The topological polar surface area (TPSA) is 49.3 Å². The number of amides is 1. The molecule has 0 bridgehead atoms. The van der Waals surface area contributed by atoms with Crippen LogP contribution in [-0.2, 0) is 4.79 Å². The van der Waals surface area contributed by atoms with Crippen LogP contribution >= 0.6 is 0 Å².